The zero-order valence-corrected chi connectivity index (χ0v) is 10.3. The molecule has 1 amide bonds. The molecule has 6 heteroatoms. The van der Waals surface area contributed by atoms with Gasteiger partial charge >= 0.3 is 0 Å². The van der Waals surface area contributed by atoms with Crippen molar-refractivity contribution in [1.82, 2.24) is 10.3 Å². The number of hydrogen-bond acceptors (Lipinski definition) is 5. The fourth-order valence-corrected chi connectivity index (χ4v) is 2.87. The van der Waals surface area contributed by atoms with Crippen molar-refractivity contribution in [3.05, 3.63) is 23.9 Å². The summed E-state index contributed by atoms with van der Waals surface area (Å²) in [6.45, 7) is 0. The molecule has 17 heavy (non-hydrogen) atoms. The lowest BCUT2D eigenvalue weighted by molar-refractivity contribution is 0.0935. The number of rotatable bonds is 3. The molecule has 1 aromatic heterocycles. The predicted octanol–water partition coefficient (Wildman–Crippen LogP) is 0.993. The normalized spacial score (nSPS) is 16.5. The van der Waals surface area contributed by atoms with Gasteiger partial charge in [-0.3, -0.25) is 4.79 Å². The highest BCUT2D eigenvalue weighted by atomic mass is 32.2. The van der Waals surface area contributed by atoms with Crippen molar-refractivity contribution in [2.24, 2.45) is 5.84 Å². The third-order valence-electron chi connectivity index (χ3n) is 2.73. The standard InChI is InChI=1S/C11H16N4OS/c12-15-10-7-8(1-4-13-10)11(16)14-9-2-5-17-6-3-9/h1,4,7,9H,2-3,5-6,12H2,(H,13,15)(H,14,16). The molecule has 1 aromatic rings. The Kier molecular flexibility index (Phi) is 4.22. The maximum absolute atomic E-state index is 12.0. The molecule has 0 atom stereocenters. The van der Waals surface area contributed by atoms with Crippen LogP contribution in [0.5, 0.6) is 0 Å². The second-order valence-electron chi connectivity index (χ2n) is 3.93. The molecule has 1 saturated heterocycles. The number of nitrogen functional groups attached to an aromatic ring is 1. The molecular formula is C11H16N4OS. The molecule has 0 saturated carbocycles. The first kappa shape index (κ1) is 12.2. The fourth-order valence-electron chi connectivity index (χ4n) is 1.76. The van der Waals surface area contributed by atoms with Crippen LogP contribution >= 0.6 is 11.8 Å². The third kappa shape index (κ3) is 3.34. The minimum absolute atomic E-state index is 0.0548. The van der Waals surface area contributed by atoms with Gasteiger partial charge in [0.25, 0.3) is 5.91 Å². The molecule has 1 aliphatic heterocycles. The summed E-state index contributed by atoms with van der Waals surface area (Å²) in [6.07, 6.45) is 3.66. The maximum atomic E-state index is 12.0. The number of carbonyl (C=O) groups is 1. The largest absolute Gasteiger partial charge is 0.349 e. The van der Waals surface area contributed by atoms with Crippen LogP contribution in [0.25, 0.3) is 0 Å². The van der Waals surface area contributed by atoms with Crippen LogP contribution in [-0.4, -0.2) is 28.4 Å². The Bertz CT molecular complexity index is 393. The number of anilines is 1. The maximum Gasteiger partial charge on any atom is 0.251 e. The molecule has 0 spiro atoms. The van der Waals surface area contributed by atoms with Gasteiger partial charge in [-0.25, -0.2) is 10.8 Å². The number of nitrogens with zero attached hydrogens (tertiary/aromatic N) is 1. The SMILES string of the molecule is NNc1cc(C(=O)NC2CCSCC2)ccn1. The van der Waals surface area contributed by atoms with E-state index in [4.69, 9.17) is 5.84 Å². The van der Waals surface area contributed by atoms with E-state index >= 15 is 0 Å². The molecule has 0 aromatic carbocycles. The topological polar surface area (TPSA) is 80.0 Å². The second kappa shape index (κ2) is 5.88. The first-order valence-electron chi connectivity index (χ1n) is 5.61. The molecule has 0 bridgehead atoms. The van der Waals surface area contributed by atoms with Crippen molar-refractivity contribution >= 4 is 23.5 Å². The fraction of sp³-hybridized carbons (Fsp3) is 0.455. The van der Waals surface area contributed by atoms with E-state index in [0.717, 1.165) is 24.3 Å². The summed E-state index contributed by atoms with van der Waals surface area (Å²) < 4.78 is 0. The van der Waals surface area contributed by atoms with E-state index in [1.807, 2.05) is 11.8 Å². The first-order chi connectivity index (χ1) is 8.29. The van der Waals surface area contributed by atoms with Gasteiger partial charge in [0.15, 0.2) is 0 Å². The van der Waals surface area contributed by atoms with Crippen LogP contribution in [0.4, 0.5) is 5.82 Å². The molecule has 0 unspecified atom stereocenters. The third-order valence-corrected chi connectivity index (χ3v) is 3.78. The summed E-state index contributed by atoms with van der Waals surface area (Å²) in [4.78, 5) is 15.9. The number of nitrogens with two attached hydrogens (primary N) is 1. The number of nitrogens with one attached hydrogen (secondary N) is 2. The first-order valence-corrected chi connectivity index (χ1v) is 6.76. The second-order valence-corrected chi connectivity index (χ2v) is 5.16. The van der Waals surface area contributed by atoms with Gasteiger partial charge in [0, 0.05) is 17.8 Å². The van der Waals surface area contributed by atoms with Gasteiger partial charge < -0.3 is 10.7 Å². The van der Waals surface area contributed by atoms with E-state index in [2.05, 4.69) is 15.7 Å². The van der Waals surface area contributed by atoms with E-state index in [9.17, 15) is 4.79 Å². The lowest BCUT2D eigenvalue weighted by Gasteiger charge is -2.22. The Morgan fingerprint density at radius 2 is 2.24 bits per heavy atom. The number of pyridine rings is 1. The molecular weight excluding hydrogens is 236 g/mol. The van der Waals surface area contributed by atoms with E-state index in [0.29, 0.717) is 17.4 Å². The van der Waals surface area contributed by atoms with Crippen molar-refractivity contribution < 1.29 is 4.79 Å². The predicted molar refractivity (Wildman–Crippen MR) is 69.9 cm³/mol. The van der Waals surface area contributed by atoms with Gasteiger partial charge in [-0.1, -0.05) is 0 Å². The summed E-state index contributed by atoms with van der Waals surface area (Å²) >= 11 is 1.94. The molecule has 2 rings (SSSR count). The van der Waals surface area contributed by atoms with Crippen LogP contribution in [0.15, 0.2) is 18.3 Å². The van der Waals surface area contributed by atoms with Crippen LogP contribution in [0.1, 0.15) is 23.2 Å². The number of amides is 1. The monoisotopic (exact) mass is 252 g/mol. The number of carbonyl (C=O) groups excluding carboxylic acids is 1. The summed E-state index contributed by atoms with van der Waals surface area (Å²) in [5.74, 6) is 7.94. The van der Waals surface area contributed by atoms with E-state index in [1.54, 1.807) is 18.3 Å². The highest BCUT2D eigenvalue weighted by Crippen LogP contribution is 2.17. The van der Waals surface area contributed by atoms with Crippen molar-refractivity contribution in [3.8, 4) is 0 Å². The molecule has 1 aliphatic rings. The van der Waals surface area contributed by atoms with Crippen LogP contribution in [0.3, 0.4) is 0 Å². The highest BCUT2D eigenvalue weighted by molar-refractivity contribution is 7.99. The van der Waals surface area contributed by atoms with Crippen molar-refractivity contribution in [2.75, 3.05) is 16.9 Å². The quantitative estimate of drug-likeness (QED) is 0.552. The van der Waals surface area contributed by atoms with E-state index < -0.39 is 0 Å². The average molecular weight is 252 g/mol. The Balaban J connectivity index is 1.98. The Morgan fingerprint density at radius 1 is 1.47 bits per heavy atom. The lowest BCUT2D eigenvalue weighted by Crippen LogP contribution is -2.37. The van der Waals surface area contributed by atoms with Crippen LogP contribution in [-0.2, 0) is 0 Å². The summed E-state index contributed by atoms with van der Waals surface area (Å²) in [5.41, 5.74) is 3.02. The van der Waals surface area contributed by atoms with E-state index in [-0.39, 0.29) is 5.91 Å². The zero-order chi connectivity index (χ0) is 12.1. The van der Waals surface area contributed by atoms with Crippen LogP contribution in [0, 0.1) is 0 Å². The lowest BCUT2D eigenvalue weighted by atomic mass is 10.1. The molecule has 5 nitrogen and oxygen atoms in total. The van der Waals surface area contributed by atoms with Crippen molar-refractivity contribution in [2.45, 2.75) is 18.9 Å². The summed E-state index contributed by atoms with van der Waals surface area (Å²) in [6, 6.07) is 3.63. The zero-order valence-electron chi connectivity index (χ0n) is 9.48. The molecule has 2 heterocycles. The number of thioether (sulfide) groups is 1. The summed E-state index contributed by atoms with van der Waals surface area (Å²) in [7, 11) is 0. The minimum Gasteiger partial charge on any atom is -0.349 e. The Morgan fingerprint density at radius 3 is 2.94 bits per heavy atom. The number of hydrazine groups is 1. The van der Waals surface area contributed by atoms with Crippen molar-refractivity contribution in [1.29, 1.82) is 0 Å². The molecule has 0 radical (unpaired) electrons. The minimum atomic E-state index is -0.0548. The van der Waals surface area contributed by atoms with Gasteiger partial charge in [-0.15, -0.1) is 0 Å². The van der Waals surface area contributed by atoms with Gasteiger partial charge in [0.1, 0.15) is 5.82 Å². The number of hydrogen-bond donors (Lipinski definition) is 3. The molecule has 1 fully saturated rings. The summed E-state index contributed by atoms with van der Waals surface area (Å²) in [5, 5.41) is 3.04. The van der Waals surface area contributed by atoms with Gasteiger partial charge in [-0.05, 0) is 36.5 Å². The Hall–Kier alpha value is -1.27. The molecule has 92 valence electrons. The van der Waals surface area contributed by atoms with E-state index in [1.165, 1.54) is 0 Å². The van der Waals surface area contributed by atoms with Gasteiger partial charge in [0.2, 0.25) is 0 Å². The highest BCUT2D eigenvalue weighted by Gasteiger charge is 2.16. The van der Waals surface area contributed by atoms with Gasteiger partial charge in [0.05, 0.1) is 0 Å². The van der Waals surface area contributed by atoms with Crippen LogP contribution in [0.2, 0.25) is 0 Å². The van der Waals surface area contributed by atoms with Crippen LogP contribution < -0.4 is 16.6 Å². The average Bonchev–Trinajstić information content (AvgIpc) is 2.40. The number of aromatic nitrogens is 1. The smallest absolute Gasteiger partial charge is 0.251 e. The molecule has 4 N–H and O–H groups in total. The van der Waals surface area contributed by atoms with Gasteiger partial charge in [-0.2, -0.15) is 11.8 Å². The molecule has 0 aliphatic carbocycles. The van der Waals surface area contributed by atoms with Crippen molar-refractivity contribution in [3.63, 3.8) is 0 Å². The Labute approximate surface area is 105 Å².